The second-order valence-corrected chi connectivity index (χ2v) is 13.6. The van der Waals surface area contributed by atoms with Crippen molar-refractivity contribution < 1.29 is 34.4 Å². The Morgan fingerprint density at radius 2 is 1.69 bits per heavy atom. The van der Waals surface area contributed by atoms with Crippen LogP contribution in [0.25, 0.3) is 0 Å². The number of rotatable bonds is 8. The number of sulfone groups is 1. The first-order valence-electron chi connectivity index (χ1n) is 9.68. The zero-order valence-electron chi connectivity index (χ0n) is 15.5. The van der Waals surface area contributed by atoms with Crippen LogP contribution < -0.4 is 21.2 Å². The summed E-state index contributed by atoms with van der Waals surface area (Å²) in [5, 5.41) is 15.4. The molecule has 0 saturated heterocycles. The van der Waals surface area contributed by atoms with Crippen LogP contribution in [-0.4, -0.2) is 40.1 Å². The van der Waals surface area contributed by atoms with E-state index in [0.29, 0.717) is 22.9 Å². The summed E-state index contributed by atoms with van der Waals surface area (Å²) in [5.41, 5.74) is 0. The second kappa shape index (κ2) is 10.8. The Hall–Kier alpha value is -0.420. The number of hydrogen-bond donors (Lipinski definition) is 1. The molecule has 2 aliphatic carbocycles. The first-order chi connectivity index (χ1) is 12.5. The van der Waals surface area contributed by atoms with E-state index in [4.69, 9.17) is 15.4 Å². The standard InChI is InChI=1S/C19H30IN2O3S/c1-2-3-12-25-17-8-4-15(5-9-17)20-16-6-10-18(11-7-16)26(23,24)19(13-21)14-22/h15-18,21H,2-12H2,1H3/q+1. The van der Waals surface area contributed by atoms with E-state index in [2.05, 4.69) is 6.92 Å². The maximum Gasteiger partial charge on any atom is 0.275 e. The van der Waals surface area contributed by atoms with Gasteiger partial charge in [-0.2, -0.15) is 5.26 Å². The van der Waals surface area contributed by atoms with Gasteiger partial charge in [0.2, 0.25) is 4.91 Å². The monoisotopic (exact) mass is 493 g/mol. The van der Waals surface area contributed by atoms with Crippen LogP contribution in [-0.2, 0) is 14.6 Å². The summed E-state index contributed by atoms with van der Waals surface area (Å²) in [6.45, 7) is 3.08. The number of halogens is 1. The van der Waals surface area contributed by atoms with Gasteiger partial charge in [0.25, 0.3) is 21.2 Å². The highest BCUT2D eigenvalue weighted by atomic mass is 127. The lowest BCUT2D eigenvalue weighted by atomic mass is 9.98. The maximum absolute atomic E-state index is 12.3. The van der Waals surface area contributed by atoms with Crippen LogP contribution in [0.4, 0.5) is 0 Å². The second-order valence-electron chi connectivity index (χ2n) is 7.21. The summed E-state index contributed by atoms with van der Waals surface area (Å²) in [6, 6.07) is 1.61. The Labute approximate surface area is 168 Å². The highest BCUT2D eigenvalue weighted by Crippen LogP contribution is 2.26. The van der Waals surface area contributed by atoms with Crippen molar-refractivity contribution in [2.75, 3.05) is 6.61 Å². The Bertz CT molecular complexity index is 636. The summed E-state index contributed by atoms with van der Waals surface area (Å²) in [6.07, 6.45) is 10.9. The SMILES string of the molecule is CCCCOC1CCC([I+]C2CCC(S(=O)(=O)C(=C=N)C#N)CC2)CC1. The fourth-order valence-electron chi connectivity index (χ4n) is 3.75. The molecular formula is C19H30IN2O3S+. The molecule has 0 spiro atoms. The molecule has 0 amide bonds. The van der Waals surface area contributed by atoms with Crippen LogP contribution in [0.3, 0.4) is 0 Å². The van der Waals surface area contributed by atoms with Gasteiger partial charge >= 0.3 is 0 Å². The smallest absolute Gasteiger partial charge is 0.275 e. The Morgan fingerprint density at radius 1 is 1.12 bits per heavy atom. The average molecular weight is 493 g/mol. The fourth-order valence-corrected chi connectivity index (χ4v) is 9.56. The number of nitrogens with one attached hydrogen (secondary N) is 1. The summed E-state index contributed by atoms with van der Waals surface area (Å²) in [5.74, 6) is 1.80. The topological polar surface area (TPSA) is 91.0 Å². The minimum absolute atomic E-state index is 0.0920. The largest absolute Gasteiger partial charge is 0.378 e. The molecule has 2 aliphatic rings. The van der Waals surface area contributed by atoms with Gasteiger partial charge in [-0.1, -0.05) is 13.3 Å². The third-order valence-corrected chi connectivity index (χ3v) is 12.0. The Balaban J connectivity index is 1.73. The number of nitriles is 1. The van der Waals surface area contributed by atoms with E-state index in [0.717, 1.165) is 29.8 Å². The number of allylic oxidation sites excluding steroid dienone is 1. The minimum atomic E-state index is -3.65. The van der Waals surface area contributed by atoms with E-state index in [-0.39, 0.29) is 21.2 Å². The summed E-state index contributed by atoms with van der Waals surface area (Å²) < 4.78 is 32.2. The van der Waals surface area contributed by atoms with E-state index < -0.39 is 20.0 Å². The quantitative estimate of drug-likeness (QED) is 0.176. The van der Waals surface area contributed by atoms with Crippen molar-refractivity contribution in [1.29, 1.82) is 10.7 Å². The van der Waals surface area contributed by atoms with E-state index >= 15 is 0 Å². The van der Waals surface area contributed by atoms with Crippen LogP contribution >= 0.6 is 0 Å². The van der Waals surface area contributed by atoms with E-state index in [1.807, 2.05) is 0 Å². The third-order valence-electron chi connectivity index (χ3n) is 5.35. The number of unbranched alkanes of at least 4 members (excludes halogenated alkanes) is 1. The van der Waals surface area contributed by atoms with Gasteiger partial charge in [-0.15, -0.1) is 0 Å². The molecule has 2 rings (SSSR count). The highest BCUT2D eigenvalue weighted by molar-refractivity contribution is 7.96. The molecule has 0 aliphatic heterocycles. The molecule has 0 aromatic rings. The van der Waals surface area contributed by atoms with Gasteiger partial charge in [-0.05, 0) is 57.8 Å². The maximum atomic E-state index is 12.3. The van der Waals surface area contributed by atoms with Gasteiger partial charge in [0.1, 0.15) is 6.07 Å². The molecule has 146 valence electrons. The van der Waals surface area contributed by atoms with Crippen molar-refractivity contribution in [3.63, 3.8) is 0 Å². The molecule has 1 N–H and O–H groups in total. The van der Waals surface area contributed by atoms with E-state index in [1.54, 1.807) is 11.9 Å². The lowest BCUT2D eigenvalue weighted by molar-refractivity contribution is -0.726. The summed E-state index contributed by atoms with van der Waals surface area (Å²) >= 11 is 0.0920. The first kappa shape index (κ1) is 21.9. The van der Waals surface area contributed by atoms with E-state index in [1.165, 1.54) is 32.1 Å². The van der Waals surface area contributed by atoms with Crippen LogP contribution in [0.15, 0.2) is 4.91 Å². The molecule has 7 heteroatoms. The van der Waals surface area contributed by atoms with Crippen molar-refractivity contribution >= 4 is 15.7 Å². The van der Waals surface area contributed by atoms with Crippen molar-refractivity contribution in [3.8, 4) is 6.07 Å². The number of ether oxygens (including phenoxy) is 1. The molecule has 0 bridgehead atoms. The van der Waals surface area contributed by atoms with Gasteiger partial charge in [0.15, 0.2) is 17.7 Å². The van der Waals surface area contributed by atoms with Gasteiger partial charge in [0.05, 0.1) is 11.4 Å². The Kier molecular flexibility index (Phi) is 9.08. The van der Waals surface area contributed by atoms with Crippen LogP contribution in [0.2, 0.25) is 0 Å². The van der Waals surface area contributed by atoms with Crippen molar-refractivity contribution in [2.45, 2.75) is 90.3 Å². The van der Waals surface area contributed by atoms with Gasteiger partial charge in [-0.25, -0.2) is 8.42 Å². The normalized spacial score (nSPS) is 29.5. The molecule has 0 atom stereocenters. The summed E-state index contributed by atoms with van der Waals surface area (Å²) in [4.78, 5) is -0.503. The van der Waals surface area contributed by atoms with Gasteiger partial charge < -0.3 is 4.74 Å². The molecule has 0 radical (unpaired) electrons. The van der Waals surface area contributed by atoms with Crippen molar-refractivity contribution in [1.82, 2.24) is 0 Å². The van der Waals surface area contributed by atoms with Crippen LogP contribution in [0.5, 0.6) is 0 Å². The molecule has 0 heterocycles. The predicted octanol–water partition coefficient (Wildman–Crippen LogP) is 0.585. The number of nitrogens with zero attached hydrogens (tertiary/aromatic N) is 1. The van der Waals surface area contributed by atoms with Gasteiger partial charge in [-0.3, -0.25) is 5.41 Å². The summed E-state index contributed by atoms with van der Waals surface area (Å²) in [7, 11) is -3.65. The Morgan fingerprint density at radius 3 is 2.19 bits per heavy atom. The zero-order valence-corrected chi connectivity index (χ0v) is 18.5. The highest BCUT2D eigenvalue weighted by Gasteiger charge is 2.41. The fraction of sp³-hybridized carbons (Fsp3) is 0.842. The molecule has 0 unspecified atom stereocenters. The molecule has 5 nitrogen and oxygen atoms in total. The molecule has 0 aromatic carbocycles. The number of alkyl halides is 2. The molecule has 26 heavy (non-hydrogen) atoms. The molecular weight excluding hydrogens is 463 g/mol. The average Bonchev–Trinajstić information content (AvgIpc) is 2.64. The molecule has 0 aromatic heterocycles. The van der Waals surface area contributed by atoms with Gasteiger partial charge in [0, 0.05) is 12.5 Å². The molecule has 2 fully saturated rings. The minimum Gasteiger partial charge on any atom is -0.378 e. The number of hydrogen-bond acceptors (Lipinski definition) is 5. The van der Waals surface area contributed by atoms with Crippen molar-refractivity contribution in [2.24, 2.45) is 0 Å². The van der Waals surface area contributed by atoms with Crippen LogP contribution in [0.1, 0.15) is 71.1 Å². The van der Waals surface area contributed by atoms with E-state index in [9.17, 15) is 8.42 Å². The van der Waals surface area contributed by atoms with Crippen LogP contribution in [0, 0.1) is 16.7 Å². The predicted molar refractivity (Wildman–Crippen MR) is 98.7 cm³/mol. The first-order valence-corrected chi connectivity index (χ1v) is 13.7. The lowest BCUT2D eigenvalue weighted by Crippen LogP contribution is -3.68. The lowest BCUT2D eigenvalue weighted by Gasteiger charge is -2.26. The molecule has 2 saturated carbocycles. The zero-order chi connectivity index (χ0) is 19.0. The third kappa shape index (κ3) is 6.05. The van der Waals surface area contributed by atoms with Crippen molar-refractivity contribution in [3.05, 3.63) is 4.91 Å².